The molecule has 2 aromatic carbocycles. The number of carbonyl (C=O) groups excluding carboxylic acids is 2. The highest BCUT2D eigenvalue weighted by Crippen LogP contribution is 2.35. The van der Waals surface area contributed by atoms with Crippen LogP contribution in [0.3, 0.4) is 0 Å². The molecular formula is C19H15BrClF3N2O2. The number of nitrogens with zero attached hydrogens (tertiary/aromatic N) is 1. The molecule has 0 aromatic heterocycles. The predicted molar refractivity (Wildman–Crippen MR) is 106 cm³/mol. The summed E-state index contributed by atoms with van der Waals surface area (Å²) >= 11 is 8.86. The lowest BCUT2D eigenvalue weighted by Gasteiger charge is -2.15. The Labute approximate surface area is 173 Å². The van der Waals surface area contributed by atoms with Crippen LogP contribution in [-0.4, -0.2) is 30.3 Å². The fourth-order valence-electron chi connectivity index (χ4n) is 2.20. The predicted octanol–water partition coefficient (Wildman–Crippen LogP) is 5.23. The summed E-state index contributed by atoms with van der Waals surface area (Å²) in [5.41, 5.74) is -0.259. The van der Waals surface area contributed by atoms with Crippen LogP contribution in [0.4, 0.5) is 18.9 Å². The Balaban J connectivity index is 2.00. The molecule has 28 heavy (non-hydrogen) atoms. The average Bonchev–Trinajstić information content (AvgIpc) is 2.61. The summed E-state index contributed by atoms with van der Waals surface area (Å²) in [6.07, 6.45) is -2.27. The zero-order valence-corrected chi connectivity index (χ0v) is 16.9. The van der Waals surface area contributed by atoms with Crippen molar-refractivity contribution in [3.63, 3.8) is 0 Å². The van der Waals surface area contributed by atoms with Gasteiger partial charge in [0.05, 0.1) is 22.8 Å². The zero-order valence-electron chi connectivity index (χ0n) is 14.6. The highest BCUT2D eigenvalue weighted by Gasteiger charge is 2.33. The minimum absolute atomic E-state index is 0.163. The summed E-state index contributed by atoms with van der Waals surface area (Å²) in [4.78, 5) is 25.3. The van der Waals surface area contributed by atoms with Gasteiger partial charge >= 0.3 is 6.18 Å². The minimum Gasteiger partial charge on any atom is -0.333 e. The molecule has 2 amide bonds. The largest absolute Gasteiger partial charge is 0.417 e. The van der Waals surface area contributed by atoms with Gasteiger partial charge in [0, 0.05) is 17.6 Å². The van der Waals surface area contributed by atoms with E-state index >= 15 is 0 Å². The van der Waals surface area contributed by atoms with E-state index in [1.807, 2.05) is 0 Å². The van der Waals surface area contributed by atoms with Gasteiger partial charge in [-0.2, -0.15) is 13.2 Å². The first-order valence-electron chi connectivity index (χ1n) is 7.92. The lowest BCUT2D eigenvalue weighted by molar-refractivity contribution is -0.137. The fourth-order valence-corrected chi connectivity index (χ4v) is 2.81. The number of carbonyl (C=O) groups is 2. The topological polar surface area (TPSA) is 49.4 Å². The standard InChI is InChI=1S/C19H15BrClF3N2O2/c1-26(11-17(27)25-16-5-3-2-4-14(16)20)18(28)9-7-12-6-8-15(21)13(10-12)19(22,23)24/h2-10H,11H2,1H3,(H,25,27)/b9-7+. The number of rotatable bonds is 5. The molecule has 2 rings (SSSR count). The summed E-state index contributed by atoms with van der Waals surface area (Å²) in [6, 6.07) is 10.3. The SMILES string of the molecule is CN(CC(=O)Nc1ccccc1Br)C(=O)/C=C/c1ccc(Cl)c(C(F)(F)F)c1. The van der Waals surface area contributed by atoms with Gasteiger partial charge in [-0.3, -0.25) is 9.59 Å². The average molecular weight is 476 g/mol. The van der Waals surface area contributed by atoms with E-state index in [9.17, 15) is 22.8 Å². The van der Waals surface area contributed by atoms with Crippen molar-refractivity contribution in [2.45, 2.75) is 6.18 Å². The third kappa shape index (κ3) is 6.10. The molecule has 9 heteroatoms. The van der Waals surface area contributed by atoms with E-state index in [-0.39, 0.29) is 12.1 Å². The number of benzene rings is 2. The summed E-state index contributed by atoms with van der Waals surface area (Å²) in [7, 11) is 1.41. The lowest BCUT2D eigenvalue weighted by atomic mass is 10.1. The van der Waals surface area contributed by atoms with E-state index in [1.54, 1.807) is 24.3 Å². The quantitative estimate of drug-likeness (QED) is 0.602. The number of halogens is 5. The number of nitrogens with one attached hydrogen (secondary N) is 1. The number of anilines is 1. The summed E-state index contributed by atoms with van der Waals surface area (Å²) in [5, 5.41) is 2.24. The zero-order chi connectivity index (χ0) is 20.9. The molecular weight excluding hydrogens is 461 g/mol. The molecule has 0 saturated carbocycles. The van der Waals surface area contributed by atoms with E-state index in [0.717, 1.165) is 23.1 Å². The van der Waals surface area contributed by atoms with Crippen molar-refractivity contribution in [1.29, 1.82) is 0 Å². The molecule has 0 bridgehead atoms. The van der Waals surface area contributed by atoms with Crippen molar-refractivity contribution < 1.29 is 22.8 Å². The van der Waals surface area contributed by atoms with Gasteiger partial charge in [-0.05, 0) is 51.8 Å². The van der Waals surface area contributed by atoms with Gasteiger partial charge in [0.1, 0.15) is 0 Å². The highest BCUT2D eigenvalue weighted by molar-refractivity contribution is 9.10. The number of amides is 2. The highest BCUT2D eigenvalue weighted by atomic mass is 79.9. The van der Waals surface area contributed by atoms with Crippen LogP contribution in [0.1, 0.15) is 11.1 Å². The lowest BCUT2D eigenvalue weighted by Crippen LogP contribution is -2.33. The molecule has 0 aliphatic rings. The molecule has 0 radical (unpaired) electrons. The third-order valence-electron chi connectivity index (χ3n) is 3.62. The summed E-state index contributed by atoms with van der Waals surface area (Å²) < 4.78 is 39.3. The maximum atomic E-state index is 12.9. The van der Waals surface area contributed by atoms with E-state index in [4.69, 9.17) is 11.6 Å². The first-order valence-corrected chi connectivity index (χ1v) is 9.09. The molecule has 4 nitrogen and oxygen atoms in total. The van der Waals surface area contributed by atoms with E-state index in [0.29, 0.717) is 10.2 Å². The molecule has 0 spiro atoms. The molecule has 148 valence electrons. The minimum atomic E-state index is -4.59. The maximum Gasteiger partial charge on any atom is 0.417 e. The van der Waals surface area contributed by atoms with Crippen molar-refractivity contribution in [2.24, 2.45) is 0 Å². The number of likely N-dealkylation sites (N-methyl/N-ethyl adjacent to an activating group) is 1. The molecule has 0 aliphatic heterocycles. The van der Waals surface area contributed by atoms with Crippen molar-refractivity contribution in [3.05, 3.63) is 69.2 Å². The van der Waals surface area contributed by atoms with Gasteiger partial charge < -0.3 is 10.2 Å². The molecule has 0 unspecified atom stereocenters. The van der Waals surface area contributed by atoms with Crippen LogP contribution < -0.4 is 5.32 Å². The van der Waals surface area contributed by atoms with Crippen LogP contribution in [0.25, 0.3) is 6.08 Å². The second-order valence-electron chi connectivity index (χ2n) is 5.79. The number of hydrogen-bond acceptors (Lipinski definition) is 2. The Morgan fingerprint density at radius 2 is 1.89 bits per heavy atom. The Morgan fingerprint density at radius 3 is 2.54 bits per heavy atom. The van der Waals surface area contributed by atoms with E-state index < -0.39 is 28.6 Å². The van der Waals surface area contributed by atoms with Crippen LogP contribution in [0.15, 0.2) is 53.0 Å². The van der Waals surface area contributed by atoms with Crippen molar-refractivity contribution in [3.8, 4) is 0 Å². The Kier molecular flexibility index (Phi) is 7.26. The Bertz CT molecular complexity index is 916. The van der Waals surface area contributed by atoms with Gasteiger partial charge in [-0.25, -0.2) is 0 Å². The Hall–Kier alpha value is -2.32. The molecule has 0 atom stereocenters. The van der Waals surface area contributed by atoms with E-state index in [2.05, 4.69) is 21.2 Å². The van der Waals surface area contributed by atoms with Crippen LogP contribution in [0.5, 0.6) is 0 Å². The van der Waals surface area contributed by atoms with Gasteiger partial charge in [-0.15, -0.1) is 0 Å². The van der Waals surface area contributed by atoms with Crippen molar-refractivity contribution >= 4 is 51.1 Å². The third-order valence-corrected chi connectivity index (χ3v) is 4.64. The van der Waals surface area contributed by atoms with Crippen LogP contribution >= 0.6 is 27.5 Å². The molecule has 2 aromatic rings. The molecule has 0 heterocycles. The van der Waals surface area contributed by atoms with Crippen molar-refractivity contribution in [1.82, 2.24) is 4.90 Å². The summed E-state index contributed by atoms with van der Waals surface area (Å²) in [5.74, 6) is -0.951. The smallest absolute Gasteiger partial charge is 0.333 e. The van der Waals surface area contributed by atoms with Crippen molar-refractivity contribution in [2.75, 3.05) is 18.9 Å². The molecule has 0 aliphatic carbocycles. The molecule has 0 saturated heterocycles. The first kappa shape index (κ1) is 22.0. The number of hydrogen-bond donors (Lipinski definition) is 1. The monoisotopic (exact) mass is 474 g/mol. The first-order chi connectivity index (χ1) is 13.1. The van der Waals surface area contributed by atoms with Gasteiger partial charge in [-0.1, -0.05) is 29.8 Å². The van der Waals surface area contributed by atoms with Gasteiger partial charge in [0.25, 0.3) is 0 Å². The molecule has 1 N–H and O–H groups in total. The van der Waals surface area contributed by atoms with Gasteiger partial charge in [0.15, 0.2) is 0 Å². The van der Waals surface area contributed by atoms with Crippen LogP contribution in [0.2, 0.25) is 5.02 Å². The van der Waals surface area contributed by atoms with E-state index in [1.165, 1.54) is 19.2 Å². The Morgan fingerprint density at radius 1 is 1.21 bits per heavy atom. The number of alkyl halides is 3. The molecule has 0 fully saturated rings. The van der Waals surface area contributed by atoms with Crippen LogP contribution in [0, 0.1) is 0 Å². The number of para-hydroxylation sites is 1. The van der Waals surface area contributed by atoms with Crippen LogP contribution in [-0.2, 0) is 15.8 Å². The maximum absolute atomic E-state index is 12.9. The second-order valence-corrected chi connectivity index (χ2v) is 7.05. The fraction of sp³-hybridized carbons (Fsp3) is 0.158. The normalized spacial score (nSPS) is 11.5. The summed E-state index contributed by atoms with van der Waals surface area (Å²) in [6.45, 7) is -0.223. The second kappa shape index (κ2) is 9.25. The van der Waals surface area contributed by atoms with Gasteiger partial charge in [0.2, 0.25) is 11.8 Å².